The molecule has 0 aliphatic carbocycles. The van der Waals surface area contributed by atoms with Crippen LogP contribution in [0.25, 0.3) is 0 Å². The highest BCUT2D eigenvalue weighted by atomic mass is 19.4. The van der Waals surface area contributed by atoms with Crippen LogP contribution in [0.15, 0.2) is 6.20 Å². The van der Waals surface area contributed by atoms with Crippen LogP contribution < -0.4 is 10.5 Å². The van der Waals surface area contributed by atoms with Crippen LogP contribution in [0.1, 0.15) is 22.8 Å². The van der Waals surface area contributed by atoms with E-state index in [2.05, 4.69) is 14.5 Å². The van der Waals surface area contributed by atoms with Crippen LogP contribution >= 0.6 is 0 Å². The highest BCUT2D eigenvalue weighted by Crippen LogP contribution is 2.34. The largest absolute Gasteiger partial charge is 0.574 e. The number of nitrogens with zero attached hydrogens (tertiary/aromatic N) is 1. The molecule has 0 aliphatic rings. The van der Waals surface area contributed by atoms with Gasteiger partial charge in [0.2, 0.25) is 0 Å². The van der Waals surface area contributed by atoms with E-state index in [0.29, 0.717) is 0 Å². The fraction of sp³-hybridized carbons (Fsp3) is 0.400. The number of pyridine rings is 1. The minimum atomic E-state index is -5.04. The highest BCUT2D eigenvalue weighted by Gasteiger charge is 2.34. The second-order valence-corrected chi connectivity index (χ2v) is 3.28. The molecule has 0 aliphatic heterocycles. The molecule has 0 radical (unpaired) electrons. The first kappa shape index (κ1) is 15.0. The van der Waals surface area contributed by atoms with Gasteiger partial charge in [-0.3, -0.25) is 0 Å². The van der Waals surface area contributed by atoms with Crippen molar-refractivity contribution < 1.29 is 32.5 Å². The summed E-state index contributed by atoms with van der Waals surface area (Å²) in [7, 11) is 0. The van der Waals surface area contributed by atoms with Crippen molar-refractivity contribution in [2.45, 2.75) is 19.8 Å². The first-order valence-corrected chi connectivity index (χ1v) is 5.14. The molecule has 0 saturated carbocycles. The molecule has 106 valence electrons. The van der Waals surface area contributed by atoms with E-state index in [0.717, 1.165) is 6.20 Å². The molecule has 0 unspecified atom stereocenters. The number of aromatic hydroxyl groups is 1. The zero-order valence-electron chi connectivity index (χ0n) is 9.82. The molecule has 1 heterocycles. The molecule has 1 aromatic heterocycles. The van der Waals surface area contributed by atoms with Gasteiger partial charge >= 0.3 is 12.3 Å². The predicted octanol–water partition coefficient (Wildman–Crippen LogP) is 1.32. The van der Waals surface area contributed by atoms with Gasteiger partial charge in [-0.05, 0) is 6.92 Å². The van der Waals surface area contributed by atoms with Crippen LogP contribution in [-0.2, 0) is 11.3 Å². The van der Waals surface area contributed by atoms with Crippen molar-refractivity contribution >= 4 is 5.97 Å². The minimum Gasteiger partial charge on any atom is -0.502 e. The van der Waals surface area contributed by atoms with Crippen LogP contribution in [0.4, 0.5) is 13.2 Å². The topological polar surface area (TPSA) is 94.7 Å². The third kappa shape index (κ3) is 3.71. The van der Waals surface area contributed by atoms with Crippen molar-refractivity contribution in [1.82, 2.24) is 4.98 Å². The van der Waals surface area contributed by atoms with Crippen molar-refractivity contribution in [3.8, 4) is 11.6 Å². The highest BCUT2D eigenvalue weighted by molar-refractivity contribution is 5.94. The molecule has 9 heteroatoms. The first-order chi connectivity index (χ1) is 8.80. The third-order valence-electron chi connectivity index (χ3n) is 2.01. The Morgan fingerprint density at radius 3 is 2.63 bits per heavy atom. The molecule has 0 aromatic carbocycles. The molecule has 0 saturated heterocycles. The van der Waals surface area contributed by atoms with Crippen molar-refractivity contribution in [3.05, 3.63) is 17.3 Å². The Morgan fingerprint density at radius 2 is 2.16 bits per heavy atom. The molecule has 0 fully saturated rings. The number of nitrogens with two attached hydrogens (primary N) is 1. The van der Waals surface area contributed by atoms with Crippen LogP contribution in [0.3, 0.4) is 0 Å². The standard InChI is InChI=1S/C10H11F3N2O4/c1-2-18-9(17)6-5(3-14)4-15-8(7(6)16)19-10(11,12)13/h4,16H,2-3,14H2,1H3. The van der Waals surface area contributed by atoms with E-state index in [-0.39, 0.29) is 18.7 Å². The smallest absolute Gasteiger partial charge is 0.502 e. The Labute approximate surface area is 105 Å². The van der Waals surface area contributed by atoms with E-state index in [1.54, 1.807) is 0 Å². The molecule has 1 aromatic rings. The lowest BCUT2D eigenvalue weighted by atomic mass is 10.1. The maximum absolute atomic E-state index is 12.1. The second-order valence-electron chi connectivity index (χ2n) is 3.28. The zero-order chi connectivity index (χ0) is 14.6. The van der Waals surface area contributed by atoms with Gasteiger partial charge in [0.05, 0.1) is 6.61 Å². The SMILES string of the molecule is CCOC(=O)c1c(CN)cnc(OC(F)(F)F)c1O. The van der Waals surface area contributed by atoms with E-state index in [1.165, 1.54) is 6.92 Å². The van der Waals surface area contributed by atoms with Gasteiger partial charge in [-0.2, -0.15) is 0 Å². The number of hydrogen-bond donors (Lipinski definition) is 2. The molecule has 6 nitrogen and oxygen atoms in total. The van der Waals surface area contributed by atoms with Crippen LogP contribution in [-0.4, -0.2) is 29.0 Å². The van der Waals surface area contributed by atoms with Gasteiger partial charge in [0.25, 0.3) is 5.88 Å². The third-order valence-corrected chi connectivity index (χ3v) is 2.01. The summed E-state index contributed by atoms with van der Waals surface area (Å²) < 4.78 is 44.3. The summed E-state index contributed by atoms with van der Waals surface area (Å²) in [6, 6.07) is 0. The number of aromatic nitrogens is 1. The second kappa shape index (κ2) is 5.74. The Balaban J connectivity index is 3.25. The lowest BCUT2D eigenvalue weighted by molar-refractivity contribution is -0.276. The maximum Gasteiger partial charge on any atom is 0.574 e. The van der Waals surface area contributed by atoms with Crippen molar-refractivity contribution in [1.29, 1.82) is 0 Å². The van der Waals surface area contributed by atoms with Gasteiger partial charge < -0.3 is 20.3 Å². The van der Waals surface area contributed by atoms with Gasteiger partial charge in [-0.15, -0.1) is 13.2 Å². The molecule has 0 amide bonds. The number of hydrogen-bond acceptors (Lipinski definition) is 6. The van der Waals surface area contributed by atoms with E-state index in [1.807, 2.05) is 0 Å². The van der Waals surface area contributed by atoms with Crippen LogP contribution in [0.5, 0.6) is 11.6 Å². The van der Waals surface area contributed by atoms with E-state index in [4.69, 9.17) is 5.73 Å². The number of alkyl halides is 3. The average Bonchev–Trinajstić information content (AvgIpc) is 2.30. The Morgan fingerprint density at radius 1 is 1.53 bits per heavy atom. The number of halogens is 3. The quantitative estimate of drug-likeness (QED) is 0.808. The predicted molar refractivity (Wildman–Crippen MR) is 56.4 cm³/mol. The molecule has 0 bridgehead atoms. The van der Waals surface area contributed by atoms with Gasteiger partial charge in [0, 0.05) is 18.3 Å². The lowest BCUT2D eigenvalue weighted by Gasteiger charge is -2.13. The Kier molecular flexibility index (Phi) is 4.54. The molecule has 1 rings (SSSR count). The van der Waals surface area contributed by atoms with Gasteiger partial charge in [0.1, 0.15) is 5.56 Å². The molecule has 0 spiro atoms. The molecule has 19 heavy (non-hydrogen) atoms. The molecular formula is C10H11F3N2O4. The number of ether oxygens (including phenoxy) is 2. The number of carbonyl (C=O) groups excluding carboxylic acids is 1. The van der Waals surface area contributed by atoms with Crippen LogP contribution in [0, 0.1) is 0 Å². The fourth-order valence-corrected chi connectivity index (χ4v) is 1.29. The summed E-state index contributed by atoms with van der Waals surface area (Å²) in [6.45, 7) is 1.28. The Bertz CT molecular complexity index is 477. The van der Waals surface area contributed by atoms with E-state index < -0.39 is 29.5 Å². The first-order valence-electron chi connectivity index (χ1n) is 5.14. The van der Waals surface area contributed by atoms with Crippen molar-refractivity contribution in [3.63, 3.8) is 0 Å². The van der Waals surface area contributed by atoms with Gasteiger partial charge in [-0.1, -0.05) is 0 Å². The number of rotatable bonds is 4. The van der Waals surface area contributed by atoms with Gasteiger partial charge in [-0.25, -0.2) is 9.78 Å². The van der Waals surface area contributed by atoms with E-state index >= 15 is 0 Å². The van der Waals surface area contributed by atoms with Crippen molar-refractivity contribution in [2.75, 3.05) is 6.61 Å². The summed E-state index contributed by atoms with van der Waals surface area (Å²) in [5.41, 5.74) is 4.87. The van der Waals surface area contributed by atoms with E-state index in [9.17, 15) is 23.1 Å². The zero-order valence-corrected chi connectivity index (χ0v) is 9.82. The average molecular weight is 280 g/mol. The fourth-order valence-electron chi connectivity index (χ4n) is 1.29. The number of carbonyl (C=O) groups is 1. The summed E-state index contributed by atoms with van der Waals surface area (Å²) in [4.78, 5) is 14.8. The van der Waals surface area contributed by atoms with Gasteiger partial charge in [0.15, 0.2) is 5.75 Å². The number of esters is 1. The monoisotopic (exact) mass is 280 g/mol. The molecule has 3 N–H and O–H groups in total. The molecular weight excluding hydrogens is 269 g/mol. The Hall–Kier alpha value is -2.03. The lowest BCUT2D eigenvalue weighted by Crippen LogP contribution is -2.19. The normalized spacial score (nSPS) is 11.2. The minimum absolute atomic E-state index is 0.0138. The maximum atomic E-state index is 12.1. The molecule has 0 atom stereocenters. The summed E-state index contributed by atoms with van der Waals surface area (Å²) >= 11 is 0. The van der Waals surface area contributed by atoms with Crippen LogP contribution in [0.2, 0.25) is 0 Å². The summed E-state index contributed by atoms with van der Waals surface area (Å²) in [5.74, 6) is -3.19. The summed E-state index contributed by atoms with van der Waals surface area (Å²) in [6.07, 6.45) is -4.13. The van der Waals surface area contributed by atoms with Crippen molar-refractivity contribution in [2.24, 2.45) is 5.73 Å². The summed E-state index contributed by atoms with van der Waals surface area (Å²) in [5, 5.41) is 9.62.